The number of halogens is 2. The first-order valence-corrected chi connectivity index (χ1v) is 6.16. The van der Waals surface area contributed by atoms with Crippen molar-refractivity contribution in [3.05, 3.63) is 29.3 Å². The molecule has 1 heterocycles. The second-order valence-corrected chi connectivity index (χ2v) is 4.38. The molecule has 0 atom stereocenters. The summed E-state index contributed by atoms with van der Waals surface area (Å²) in [6, 6.07) is 2.26. The summed E-state index contributed by atoms with van der Waals surface area (Å²) in [5.74, 6) is -0.872. The lowest BCUT2D eigenvalue weighted by Crippen LogP contribution is -2.44. The number of methoxy groups -OCH3 is 1. The van der Waals surface area contributed by atoms with Gasteiger partial charge in [0.25, 0.3) is 0 Å². The van der Waals surface area contributed by atoms with E-state index < -0.39 is 11.6 Å². The van der Waals surface area contributed by atoms with E-state index in [-0.39, 0.29) is 5.75 Å². The van der Waals surface area contributed by atoms with Gasteiger partial charge < -0.3 is 15.0 Å². The molecule has 0 unspecified atom stereocenters. The third kappa shape index (κ3) is 2.97. The molecule has 0 amide bonds. The molecule has 1 saturated heterocycles. The molecule has 1 fully saturated rings. The van der Waals surface area contributed by atoms with E-state index in [0.29, 0.717) is 12.0 Å². The first kappa shape index (κ1) is 13.2. The highest BCUT2D eigenvalue weighted by Gasteiger charge is 2.16. The molecule has 5 heteroatoms. The number of nitrogens with one attached hydrogen (secondary N) is 1. The summed E-state index contributed by atoms with van der Waals surface area (Å²) in [6.07, 6.45) is 0.465. The van der Waals surface area contributed by atoms with Crippen LogP contribution in [0.3, 0.4) is 0 Å². The number of benzene rings is 1. The molecule has 1 aromatic carbocycles. The largest absolute Gasteiger partial charge is 0.493 e. The van der Waals surface area contributed by atoms with Gasteiger partial charge in [0.05, 0.1) is 7.11 Å². The van der Waals surface area contributed by atoms with Gasteiger partial charge in [0.2, 0.25) is 0 Å². The average molecular weight is 256 g/mol. The lowest BCUT2D eigenvalue weighted by atomic mass is 10.1. The molecular weight excluding hydrogens is 238 g/mol. The second kappa shape index (κ2) is 6.11. The molecule has 0 radical (unpaired) electrons. The molecule has 1 aromatic rings. The monoisotopic (exact) mass is 256 g/mol. The Kier molecular flexibility index (Phi) is 4.49. The van der Waals surface area contributed by atoms with Crippen LogP contribution in [-0.4, -0.2) is 44.7 Å². The number of hydrogen-bond donors (Lipinski definition) is 1. The van der Waals surface area contributed by atoms with E-state index >= 15 is 0 Å². The number of hydrogen-bond acceptors (Lipinski definition) is 3. The summed E-state index contributed by atoms with van der Waals surface area (Å²) in [4.78, 5) is 2.24. The SMILES string of the molecule is COc1c(F)ccc(F)c1CCN1CCNCC1. The van der Waals surface area contributed by atoms with E-state index in [1.807, 2.05) is 0 Å². The van der Waals surface area contributed by atoms with Gasteiger partial charge in [-0.15, -0.1) is 0 Å². The standard InChI is InChI=1S/C13H18F2N2O/c1-18-13-10(11(14)2-3-12(13)15)4-7-17-8-5-16-6-9-17/h2-3,16H,4-9H2,1H3. The predicted molar refractivity (Wildman–Crippen MR) is 65.9 cm³/mol. The van der Waals surface area contributed by atoms with Crippen LogP contribution in [0.2, 0.25) is 0 Å². The molecule has 0 bridgehead atoms. The maximum absolute atomic E-state index is 13.7. The highest BCUT2D eigenvalue weighted by atomic mass is 19.1. The number of nitrogens with zero attached hydrogens (tertiary/aromatic N) is 1. The summed E-state index contributed by atoms with van der Waals surface area (Å²) < 4.78 is 32.1. The number of ether oxygens (including phenoxy) is 1. The van der Waals surface area contributed by atoms with Crippen LogP contribution in [0.25, 0.3) is 0 Å². The normalized spacial score (nSPS) is 16.8. The van der Waals surface area contributed by atoms with Crippen LogP contribution < -0.4 is 10.1 Å². The maximum Gasteiger partial charge on any atom is 0.165 e. The zero-order valence-electron chi connectivity index (χ0n) is 10.5. The van der Waals surface area contributed by atoms with Crippen LogP contribution in [-0.2, 0) is 6.42 Å². The molecule has 1 N–H and O–H groups in total. The average Bonchev–Trinajstić information content (AvgIpc) is 2.41. The minimum absolute atomic E-state index is 0.0325. The molecule has 100 valence electrons. The third-order valence-corrected chi connectivity index (χ3v) is 3.25. The van der Waals surface area contributed by atoms with Crippen molar-refractivity contribution in [3.63, 3.8) is 0 Å². The van der Waals surface area contributed by atoms with Gasteiger partial charge in [0, 0.05) is 38.3 Å². The van der Waals surface area contributed by atoms with Crippen molar-refractivity contribution in [2.45, 2.75) is 6.42 Å². The molecule has 0 spiro atoms. The van der Waals surface area contributed by atoms with Gasteiger partial charge in [-0.2, -0.15) is 0 Å². The van der Waals surface area contributed by atoms with E-state index in [1.165, 1.54) is 7.11 Å². The first-order chi connectivity index (χ1) is 8.72. The topological polar surface area (TPSA) is 24.5 Å². The van der Waals surface area contributed by atoms with Crippen LogP contribution >= 0.6 is 0 Å². The van der Waals surface area contributed by atoms with Gasteiger partial charge in [-0.3, -0.25) is 0 Å². The molecule has 0 saturated carbocycles. The van der Waals surface area contributed by atoms with Crippen LogP contribution in [0.4, 0.5) is 8.78 Å². The maximum atomic E-state index is 13.7. The van der Waals surface area contributed by atoms with E-state index in [0.717, 1.165) is 44.9 Å². The smallest absolute Gasteiger partial charge is 0.165 e. The van der Waals surface area contributed by atoms with Crippen molar-refractivity contribution in [3.8, 4) is 5.75 Å². The summed E-state index contributed by atoms with van der Waals surface area (Å²) in [5, 5.41) is 3.26. The van der Waals surface area contributed by atoms with E-state index in [4.69, 9.17) is 4.74 Å². The Bertz CT molecular complexity index is 406. The number of rotatable bonds is 4. The minimum atomic E-state index is -0.505. The highest BCUT2D eigenvalue weighted by Crippen LogP contribution is 2.25. The Hall–Kier alpha value is -1.20. The summed E-state index contributed by atoms with van der Waals surface area (Å²) in [5.41, 5.74) is 0.330. The van der Waals surface area contributed by atoms with Crippen LogP contribution in [0.1, 0.15) is 5.56 Å². The fourth-order valence-corrected chi connectivity index (χ4v) is 2.23. The zero-order valence-corrected chi connectivity index (χ0v) is 10.5. The van der Waals surface area contributed by atoms with Gasteiger partial charge >= 0.3 is 0 Å². The first-order valence-electron chi connectivity index (χ1n) is 6.16. The third-order valence-electron chi connectivity index (χ3n) is 3.25. The van der Waals surface area contributed by atoms with E-state index in [2.05, 4.69) is 10.2 Å². The lowest BCUT2D eigenvalue weighted by Gasteiger charge is -2.27. The Morgan fingerprint density at radius 2 is 1.89 bits per heavy atom. The van der Waals surface area contributed by atoms with Crippen LogP contribution in [0.15, 0.2) is 12.1 Å². The second-order valence-electron chi connectivity index (χ2n) is 4.38. The van der Waals surface area contributed by atoms with Crippen LogP contribution in [0, 0.1) is 11.6 Å². The van der Waals surface area contributed by atoms with Gasteiger partial charge in [-0.1, -0.05) is 0 Å². The number of piperazine rings is 1. The summed E-state index contributed by atoms with van der Waals surface area (Å²) in [7, 11) is 1.37. The van der Waals surface area contributed by atoms with Crippen LogP contribution in [0.5, 0.6) is 5.75 Å². The van der Waals surface area contributed by atoms with Gasteiger partial charge in [-0.25, -0.2) is 8.78 Å². The van der Waals surface area contributed by atoms with Gasteiger partial charge in [0.15, 0.2) is 11.6 Å². The van der Waals surface area contributed by atoms with E-state index in [9.17, 15) is 8.78 Å². The summed E-state index contributed by atoms with van der Waals surface area (Å²) >= 11 is 0. The highest BCUT2D eigenvalue weighted by molar-refractivity contribution is 5.36. The van der Waals surface area contributed by atoms with Crippen molar-refractivity contribution in [2.24, 2.45) is 0 Å². The zero-order chi connectivity index (χ0) is 13.0. The molecule has 0 aliphatic carbocycles. The minimum Gasteiger partial charge on any atom is -0.493 e. The molecule has 1 aliphatic heterocycles. The van der Waals surface area contributed by atoms with Crippen molar-refractivity contribution < 1.29 is 13.5 Å². The molecule has 1 aliphatic rings. The van der Waals surface area contributed by atoms with Crippen molar-refractivity contribution in [1.82, 2.24) is 10.2 Å². The molecular formula is C13H18F2N2O. The molecule has 2 rings (SSSR count). The Morgan fingerprint density at radius 1 is 1.22 bits per heavy atom. The Balaban J connectivity index is 2.05. The van der Waals surface area contributed by atoms with Crippen molar-refractivity contribution >= 4 is 0 Å². The van der Waals surface area contributed by atoms with Crippen molar-refractivity contribution in [1.29, 1.82) is 0 Å². The van der Waals surface area contributed by atoms with E-state index in [1.54, 1.807) is 0 Å². The summed E-state index contributed by atoms with van der Waals surface area (Å²) in [6.45, 7) is 4.50. The quantitative estimate of drug-likeness (QED) is 0.882. The van der Waals surface area contributed by atoms with Crippen molar-refractivity contribution in [2.75, 3.05) is 39.8 Å². The Labute approximate surface area is 106 Å². The predicted octanol–water partition coefficient (Wildman–Crippen LogP) is 1.42. The molecule has 3 nitrogen and oxygen atoms in total. The van der Waals surface area contributed by atoms with Gasteiger partial charge in [0.1, 0.15) is 5.82 Å². The fraction of sp³-hybridized carbons (Fsp3) is 0.538. The lowest BCUT2D eigenvalue weighted by molar-refractivity contribution is 0.241. The Morgan fingerprint density at radius 3 is 2.56 bits per heavy atom. The molecule has 0 aromatic heterocycles. The van der Waals surface area contributed by atoms with Gasteiger partial charge in [-0.05, 0) is 18.6 Å². The molecule has 18 heavy (non-hydrogen) atoms. The fourth-order valence-electron chi connectivity index (χ4n) is 2.23.